The molecule has 1 atom stereocenters. The van der Waals surface area contributed by atoms with Crippen LogP contribution in [0.3, 0.4) is 0 Å². The fourth-order valence-corrected chi connectivity index (χ4v) is 6.36. The van der Waals surface area contributed by atoms with E-state index in [2.05, 4.69) is 15.1 Å². The predicted molar refractivity (Wildman–Crippen MR) is 142 cm³/mol. The summed E-state index contributed by atoms with van der Waals surface area (Å²) in [5, 5.41) is 4.03. The van der Waals surface area contributed by atoms with Gasteiger partial charge in [0.1, 0.15) is 0 Å². The van der Waals surface area contributed by atoms with Gasteiger partial charge in [0.05, 0.1) is 10.6 Å². The molecule has 10 nitrogen and oxygen atoms in total. The molecule has 0 bridgehead atoms. The zero-order valence-corrected chi connectivity index (χ0v) is 24.2. The van der Waals surface area contributed by atoms with Crippen LogP contribution < -0.4 is 4.74 Å². The number of nitrogens with zero attached hydrogens (tertiary/aromatic N) is 4. The van der Waals surface area contributed by atoms with Crippen molar-refractivity contribution in [1.82, 2.24) is 19.5 Å². The van der Waals surface area contributed by atoms with Crippen molar-refractivity contribution in [3.8, 4) is 28.7 Å². The van der Waals surface area contributed by atoms with Crippen LogP contribution in [0.1, 0.15) is 26.3 Å². The van der Waals surface area contributed by atoms with Crippen molar-refractivity contribution in [2.75, 3.05) is 13.2 Å². The molecule has 1 fully saturated rings. The molecule has 0 radical (unpaired) electrons. The van der Waals surface area contributed by atoms with Gasteiger partial charge >= 0.3 is 172 Å². The van der Waals surface area contributed by atoms with Crippen molar-refractivity contribution in [2.24, 2.45) is 0 Å². The molecule has 40 heavy (non-hydrogen) atoms. The monoisotopic (exact) mass is 642 g/mol. The van der Waals surface area contributed by atoms with E-state index in [9.17, 15) is 18.1 Å². The van der Waals surface area contributed by atoms with E-state index in [1.807, 2.05) is 0 Å². The SMILES string of the molecule is CC(C)(C)O[PH]1(O)OC[C@@H](COc2cc(Cl)c(-c3noc(-c4cn5cc(C(F)(F)F)cc(Cl)c5n4)n3)cc2Cl)O1. The summed E-state index contributed by atoms with van der Waals surface area (Å²) in [4.78, 5) is 18.9. The summed E-state index contributed by atoms with van der Waals surface area (Å²) in [5.41, 5.74) is -1.12. The van der Waals surface area contributed by atoms with Crippen LogP contribution in [0.25, 0.3) is 28.6 Å². The molecule has 0 amide bonds. The molecule has 17 heteroatoms. The number of hydrogen-bond acceptors (Lipinski definition) is 9. The standard InChI is InChI=1S/C23H21Cl3F3N4O6P/c1-22(2,3)39-40(34)36-10-12(38-40)9-35-18-6-14(24)13(5-15(18)25)19-31-21(37-32-19)17-8-33-7-11(23(27,28)29)4-16(26)20(33)30-17/h4-8,12,34,40H,9-10H2,1-3H3/t12-/m1/s1. The van der Waals surface area contributed by atoms with Gasteiger partial charge in [-0.15, -0.1) is 0 Å². The molecule has 5 rings (SSSR count). The molecule has 0 spiro atoms. The molecule has 3 aromatic heterocycles. The van der Waals surface area contributed by atoms with Crippen LogP contribution in [0.4, 0.5) is 13.2 Å². The van der Waals surface area contributed by atoms with Gasteiger partial charge in [-0.3, -0.25) is 0 Å². The second-order valence-electron chi connectivity index (χ2n) is 9.72. The molecule has 0 saturated carbocycles. The Morgan fingerprint density at radius 2 is 1.82 bits per heavy atom. The molecule has 0 unspecified atom stereocenters. The topological polar surface area (TPSA) is 113 Å². The van der Waals surface area contributed by atoms with E-state index < -0.39 is 31.6 Å². The van der Waals surface area contributed by atoms with E-state index in [4.69, 9.17) is 57.6 Å². The normalized spacial score (nSPS) is 18.4. The third-order valence-electron chi connectivity index (χ3n) is 5.37. The first-order valence-electron chi connectivity index (χ1n) is 11.6. The van der Waals surface area contributed by atoms with Crippen LogP contribution in [0.2, 0.25) is 15.1 Å². The number of aromatic nitrogens is 4. The number of pyridine rings is 1. The molecular weight excluding hydrogens is 623 g/mol. The van der Waals surface area contributed by atoms with Crippen LogP contribution in [-0.4, -0.2) is 49.3 Å². The van der Waals surface area contributed by atoms with Crippen molar-refractivity contribution in [1.29, 1.82) is 0 Å². The van der Waals surface area contributed by atoms with Crippen molar-refractivity contribution < 1.29 is 40.9 Å². The van der Waals surface area contributed by atoms with Crippen molar-refractivity contribution in [3.63, 3.8) is 0 Å². The summed E-state index contributed by atoms with van der Waals surface area (Å²) in [6.45, 7) is 5.37. The van der Waals surface area contributed by atoms with E-state index in [-0.39, 0.29) is 57.1 Å². The summed E-state index contributed by atoms with van der Waals surface area (Å²) in [5.74, 6) is 0.200. The fourth-order valence-electron chi connectivity index (χ4n) is 3.74. The molecule has 4 heterocycles. The summed E-state index contributed by atoms with van der Waals surface area (Å²) in [6, 6.07) is 3.69. The summed E-state index contributed by atoms with van der Waals surface area (Å²) in [6.07, 6.45) is -3.05. The quantitative estimate of drug-likeness (QED) is 0.221. The summed E-state index contributed by atoms with van der Waals surface area (Å²) in [7, 11) is -3.78. The Morgan fingerprint density at radius 1 is 1.07 bits per heavy atom. The van der Waals surface area contributed by atoms with Crippen LogP contribution in [0.5, 0.6) is 5.75 Å². The Balaban J connectivity index is 1.31. The van der Waals surface area contributed by atoms with Crippen LogP contribution in [0.15, 0.2) is 35.1 Å². The van der Waals surface area contributed by atoms with Crippen LogP contribution in [0, 0.1) is 0 Å². The van der Waals surface area contributed by atoms with Gasteiger partial charge in [-0.25, -0.2) is 4.98 Å². The zero-order chi connectivity index (χ0) is 29.0. The Bertz CT molecular complexity index is 1580. The molecule has 1 N–H and O–H groups in total. The molecular formula is C23H21Cl3F3N4O6P. The Morgan fingerprint density at radius 3 is 2.52 bits per heavy atom. The maximum absolute atomic E-state index is 13.1. The first kappa shape index (κ1) is 29.3. The van der Waals surface area contributed by atoms with Crippen LogP contribution in [-0.2, 0) is 19.7 Å². The van der Waals surface area contributed by atoms with Gasteiger partial charge < -0.3 is 4.40 Å². The minimum absolute atomic E-state index is 0.00291. The van der Waals surface area contributed by atoms with Gasteiger partial charge in [-0.1, -0.05) is 11.6 Å². The number of halogens is 6. The van der Waals surface area contributed by atoms with Crippen molar-refractivity contribution in [2.45, 2.75) is 38.7 Å². The second kappa shape index (κ2) is 10.6. The average Bonchev–Trinajstić information content (AvgIpc) is 3.56. The Kier molecular flexibility index (Phi) is 7.73. The van der Waals surface area contributed by atoms with Gasteiger partial charge in [0.25, 0.3) is 0 Å². The Labute approximate surface area is 240 Å². The van der Waals surface area contributed by atoms with Gasteiger partial charge in [0.15, 0.2) is 5.65 Å². The molecule has 1 saturated heterocycles. The average molecular weight is 644 g/mol. The number of benzene rings is 1. The van der Waals surface area contributed by atoms with Gasteiger partial charge in [-0.05, 0) is 6.07 Å². The number of rotatable bonds is 6. The van der Waals surface area contributed by atoms with E-state index in [0.29, 0.717) is 5.56 Å². The van der Waals surface area contributed by atoms with E-state index >= 15 is 0 Å². The number of imidazole rings is 1. The van der Waals surface area contributed by atoms with E-state index in [0.717, 1.165) is 16.7 Å². The third-order valence-corrected chi connectivity index (χ3v) is 8.29. The van der Waals surface area contributed by atoms with E-state index in [1.165, 1.54) is 18.3 Å². The molecule has 1 aliphatic heterocycles. The number of ether oxygens (including phenoxy) is 1. The third kappa shape index (κ3) is 6.32. The first-order valence-corrected chi connectivity index (χ1v) is 14.4. The van der Waals surface area contributed by atoms with Crippen LogP contribution >= 0.6 is 43.0 Å². The number of alkyl halides is 3. The first-order chi connectivity index (χ1) is 18.6. The van der Waals surface area contributed by atoms with Crippen molar-refractivity contribution >= 4 is 48.6 Å². The second-order valence-corrected chi connectivity index (χ2v) is 12.7. The summed E-state index contributed by atoms with van der Waals surface area (Å²) < 4.78 is 68.0. The Hall–Kier alpha value is -2.22. The summed E-state index contributed by atoms with van der Waals surface area (Å²) >= 11 is 18.8. The fraction of sp³-hybridized carbons (Fsp3) is 0.348. The maximum atomic E-state index is 13.1. The predicted octanol–water partition coefficient (Wildman–Crippen LogP) is 7.04. The molecule has 1 aliphatic rings. The zero-order valence-electron chi connectivity index (χ0n) is 20.9. The number of fused-ring (bicyclic) bond motifs is 1. The van der Waals surface area contributed by atoms with E-state index in [1.54, 1.807) is 20.8 Å². The molecule has 4 aromatic rings. The molecule has 216 valence electrons. The van der Waals surface area contributed by atoms with Gasteiger partial charge in [-0.2, -0.15) is 13.2 Å². The minimum atomic E-state index is -4.59. The number of hydrogen-bond donors (Lipinski definition) is 1. The van der Waals surface area contributed by atoms with Gasteiger partial charge in [0, 0.05) is 12.4 Å². The van der Waals surface area contributed by atoms with Crippen molar-refractivity contribution in [3.05, 3.63) is 51.2 Å². The molecule has 1 aromatic carbocycles. The van der Waals surface area contributed by atoms with Gasteiger partial charge in [0.2, 0.25) is 0 Å². The molecule has 0 aliphatic carbocycles.